The summed E-state index contributed by atoms with van der Waals surface area (Å²) in [4.78, 5) is 24.5. The maximum Gasteiger partial charge on any atom is 0.323 e. The number of anilines is 4. The highest BCUT2D eigenvalue weighted by Crippen LogP contribution is 2.17. The minimum Gasteiger partial charge on any atom is -0.322 e. The van der Waals surface area contributed by atoms with Crippen molar-refractivity contribution in [3.8, 4) is 0 Å². The van der Waals surface area contributed by atoms with Crippen LogP contribution in [0.25, 0.3) is 0 Å². The van der Waals surface area contributed by atoms with Crippen LogP contribution < -0.4 is 20.7 Å². The third-order valence-electron chi connectivity index (χ3n) is 4.33. The van der Waals surface area contributed by atoms with Crippen molar-refractivity contribution in [2.45, 2.75) is 13.3 Å². The van der Waals surface area contributed by atoms with E-state index < -0.39 is 10.0 Å². The Morgan fingerprint density at radius 2 is 1.19 bits per heavy atom. The number of para-hydroxylation sites is 1. The Labute approximate surface area is 187 Å². The molecule has 0 fully saturated rings. The van der Waals surface area contributed by atoms with E-state index in [1.165, 1.54) is 0 Å². The maximum absolute atomic E-state index is 12.5. The lowest BCUT2D eigenvalue weighted by atomic mass is 10.2. The molecule has 32 heavy (non-hydrogen) atoms. The summed E-state index contributed by atoms with van der Waals surface area (Å²) >= 11 is 0. The molecule has 0 aliphatic carbocycles. The smallest absolute Gasteiger partial charge is 0.322 e. The number of hydrogen-bond acceptors (Lipinski definition) is 4. The van der Waals surface area contributed by atoms with E-state index >= 15 is 0 Å². The van der Waals surface area contributed by atoms with Crippen LogP contribution in [0.15, 0.2) is 78.9 Å². The molecule has 0 saturated heterocycles. The van der Waals surface area contributed by atoms with Gasteiger partial charge in [0.15, 0.2) is 0 Å². The fourth-order valence-electron chi connectivity index (χ4n) is 2.84. The molecule has 0 saturated carbocycles. The first-order valence-electron chi connectivity index (χ1n) is 9.99. The fraction of sp³-hybridized carbons (Fsp3) is 0.130. The molecule has 8 nitrogen and oxygen atoms in total. The van der Waals surface area contributed by atoms with Crippen LogP contribution in [0.4, 0.5) is 27.5 Å². The van der Waals surface area contributed by atoms with Gasteiger partial charge in [0.2, 0.25) is 10.0 Å². The van der Waals surface area contributed by atoms with Gasteiger partial charge in [0.1, 0.15) is 0 Å². The minimum atomic E-state index is -3.37. The van der Waals surface area contributed by atoms with Crippen LogP contribution in [0.2, 0.25) is 0 Å². The summed E-state index contributed by atoms with van der Waals surface area (Å²) in [7, 11) is -3.37. The van der Waals surface area contributed by atoms with E-state index in [1.54, 1.807) is 67.6 Å². The number of amides is 3. The molecule has 0 aromatic heterocycles. The Kier molecular flexibility index (Phi) is 7.45. The first-order chi connectivity index (χ1) is 15.3. The molecule has 0 unspecified atom stereocenters. The summed E-state index contributed by atoms with van der Waals surface area (Å²) in [5, 5.41) is 8.17. The second-order valence-electron chi connectivity index (χ2n) is 6.97. The molecule has 0 aliphatic rings. The average molecular weight is 453 g/mol. The lowest BCUT2D eigenvalue weighted by molar-refractivity contribution is 0.102. The second kappa shape index (κ2) is 10.5. The van der Waals surface area contributed by atoms with E-state index in [4.69, 9.17) is 0 Å². The van der Waals surface area contributed by atoms with E-state index in [2.05, 4.69) is 20.7 Å². The predicted molar refractivity (Wildman–Crippen MR) is 128 cm³/mol. The Morgan fingerprint density at radius 3 is 1.78 bits per heavy atom. The van der Waals surface area contributed by atoms with Gasteiger partial charge >= 0.3 is 6.03 Å². The standard InChI is InChI=1S/C23H24N4O4S/c1-2-16-32(30,31)27-21-14-12-19(13-15-21)24-22(28)17-8-10-20(11-9-17)26-23(29)25-18-6-4-3-5-7-18/h3-15,27H,2,16H2,1H3,(H,24,28)(H2,25,26,29). The zero-order valence-electron chi connectivity index (χ0n) is 17.5. The molecule has 0 radical (unpaired) electrons. The number of sulfonamides is 1. The van der Waals surface area contributed by atoms with Crippen LogP contribution in [0.3, 0.4) is 0 Å². The summed E-state index contributed by atoms with van der Waals surface area (Å²) in [6.07, 6.45) is 0.523. The largest absolute Gasteiger partial charge is 0.323 e. The Morgan fingerprint density at radius 1 is 0.688 bits per heavy atom. The molecule has 3 aromatic rings. The Hall–Kier alpha value is -3.85. The third kappa shape index (κ3) is 6.85. The molecule has 3 rings (SSSR count). The molecule has 0 spiro atoms. The fourth-order valence-corrected chi connectivity index (χ4v) is 3.98. The van der Waals surface area contributed by atoms with E-state index in [0.29, 0.717) is 34.7 Å². The van der Waals surface area contributed by atoms with Crippen LogP contribution in [0.1, 0.15) is 23.7 Å². The van der Waals surface area contributed by atoms with Crippen molar-refractivity contribution in [3.05, 3.63) is 84.4 Å². The van der Waals surface area contributed by atoms with E-state index in [0.717, 1.165) is 0 Å². The van der Waals surface area contributed by atoms with Crippen LogP contribution in [0.5, 0.6) is 0 Å². The van der Waals surface area contributed by atoms with Crippen molar-refractivity contribution in [1.29, 1.82) is 0 Å². The van der Waals surface area contributed by atoms with Gasteiger partial charge in [-0.1, -0.05) is 25.1 Å². The quantitative estimate of drug-likeness (QED) is 0.395. The molecule has 0 bridgehead atoms. The molecule has 166 valence electrons. The zero-order valence-corrected chi connectivity index (χ0v) is 18.3. The number of carbonyl (C=O) groups is 2. The monoisotopic (exact) mass is 452 g/mol. The van der Waals surface area contributed by atoms with Gasteiger partial charge in [-0.2, -0.15) is 0 Å². The van der Waals surface area contributed by atoms with Gasteiger partial charge in [-0.25, -0.2) is 13.2 Å². The molecule has 9 heteroatoms. The lowest BCUT2D eigenvalue weighted by Gasteiger charge is -2.10. The number of carbonyl (C=O) groups excluding carboxylic acids is 2. The normalized spacial score (nSPS) is 10.8. The highest BCUT2D eigenvalue weighted by Gasteiger charge is 2.10. The van der Waals surface area contributed by atoms with Gasteiger partial charge in [0, 0.05) is 28.3 Å². The first kappa shape index (κ1) is 22.8. The van der Waals surface area contributed by atoms with Gasteiger partial charge in [-0.05, 0) is 67.1 Å². The van der Waals surface area contributed by atoms with Crippen molar-refractivity contribution in [2.24, 2.45) is 0 Å². The highest BCUT2D eigenvalue weighted by molar-refractivity contribution is 7.92. The molecule has 4 N–H and O–H groups in total. The van der Waals surface area contributed by atoms with Crippen molar-refractivity contribution in [3.63, 3.8) is 0 Å². The highest BCUT2D eigenvalue weighted by atomic mass is 32.2. The summed E-state index contributed by atoms with van der Waals surface area (Å²) < 4.78 is 26.1. The molecule has 0 heterocycles. The van der Waals surface area contributed by atoms with Crippen LogP contribution in [-0.4, -0.2) is 26.1 Å². The summed E-state index contributed by atoms with van der Waals surface area (Å²) in [6, 6.07) is 21.5. The van der Waals surface area contributed by atoms with E-state index in [1.807, 2.05) is 18.2 Å². The SMILES string of the molecule is CCCS(=O)(=O)Nc1ccc(NC(=O)c2ccc(NC(=O)Nc3ccccc3)cc2)cc1. The zero-order chi connectivity index (χ0) is 23.0. The van der Waals surface area contributed by atoms with E-state index in [-0.39, 0.29) is 17.7 Å². The Balaban J connectivity index is 1.55. The molecular formula is C23H24N4O4S. The lowest BCUT2D eigenvalue weighted by Crippen LogP contribution is -2.19. The van der Waals surface area contributed by atoms with Gasteiger partial charge in [-0.3, -0.25) is 9.52 Å². The number of rotatable bonds is 8. The molecule has 3 aromatic carbocycles. The molecule has 0 aliphatic heterocycles. The van der Waals surface area contributed by atoms with Crippen LogP contribution >= 0.6 is 0 Å². The van der Waals surface area contributed by atoms with Gasteiger partial charge in [0.25, 0.3) is 5.91 Å². The molecular weight excluding hydrogens is 428 g/mol. The first-order valence-corrected chi connectivity index (χ1v) is 11.6. The van der Waals surface area contributed by atoms with Crippen LogP contribution in [-0.2, 0) is 10.0 Å². The van der Waals surface area contributed by atoms with Crippen LogP contribution in [0, 0.1) is 0 Å². The van der Waals surface area contributed by atoms with Gasteiger partial charge in [-0.15, -0.1) is 0 Å². The van der Waals surface area contributed by atoms with Crippen molar-refractivity contribution in [1.82, 2.24) is 0 Å². The number of urea groups is 1. The number of benzene rings is 3. The molecule has 0 atom stereocenters. The summed E-state index contributed by atoms with van der Waals surface area (Å²) in [5.74, 6) is -0.283. The number of hydrogen-bond donors (Lipinski definition) is 4. The molecule has 3 amide bonds. The Bertz CT molecular complexity index is 1160. The van der Waals surface area contributed by atoms with Gasteiger partial charge < -0.3 is 16.0 Å². The predicted octanol–water partition coefficient (Wildman–Crippen LogP) is 4.73. The van der Waals surface area contributed by atoms with Crippen molar-refractivity contribution >= 4 is 44.7 Å². The van der Waals surface area contributed by atoms with E-state index in [9.17, 15) is 18.0 Å². The van der Waals surface area contributed by atoms with Gasteiger partial charge in [0.05, 0.1) is 5.75 Å². The second-order valence-corrected chi connectivity index (χ2v) is 8.82. The number of nitrogens with one attached hydrogen (secondary N) is 4. The van der Waals surface area contributed by atoms with Crippen molar-refractivity contribution < 1.29 is 18.0 Å². The summed E-state index contributed by atoms with van der Waals surface area (Å²) in [6.45, 7) is 1.79. The average Bonchev–Trinajstić information content (AvgIpc) is 2.76. The van der Waals surface area contributed by atoms with Crippen molar-refractivity contribution in [2.75, 3.05) is 26.4 Å². The summed E-state index contributed by atoms with van der Waals surface area (Å²) in [5.41, 5.74) is 2.58. The topological polar surface area (TPSA) is 116 Å². The maximum atomic E-state index is 12.5. The minimum absolute atomic E-state index is 0.0459. The third-order valence-corrected chi connectivity index (χ3v) is 5.82.